The number of carbonyl (C=O) groups excluding carboxylic acids is 2. The number of hydrogen-bond donors (Lipinski definition) is 3. The Morgan fingerprint density at radius 2 is 1.26 bits per heavy atom. The van der Waals surface area contributed by atoms with E-state index in [9.17, 15) is 9.59 Å². The molecule has 3 N–H and O–H groups in total. The standard InChI is InChI=1S/C22H29N3O2/c1-4-25(15-20(26)23-17(2)3)16-21(27)24-22(18-11-7-5-8-12-18)19-13-9-6-10-14-19/h5-14,17,22H,4,15-16H2,1-3H3,(H,23,26)(H,24,27)/p+1. The Morgan fingerprint density at radius 3 is 1.67 bits per heavy atom. The van der Waals surface area contributed by atoms with E-state index in [-0.39, 0.29) is 30.4 Å². The smallest absolute Gasteiger partial charge is 0.275 e. The first kappa shape index (κ1) is 20.6. The maximum atomic E-state index is 12.7. The van der Waals surface area contributed by atoms with E-state index >= 15 is 0 Å². The predicted octanol–water partition coefficient (Wildman–Crippen LogP) is 1.32. The predicted molar refractivity (Wildman–Crippen MR) is 107 cm³/mol. The summed E-state index contributed by atoms with van der Waals surface area (Å²) >= 11 is 0. The van der Waals surface area contributed by atoms with Gasteiger partial charge in [-0.2, -0.15) is 0 Å². The molecule has 27 heavy (non-hydrogen) atoms. The molecule has 0 saturated heterocycles. The summed E-state index contributed by atoms with van der Waals surface area (Å²) in [5.74, 6) is -0.0979. The summed E-state index contributed by atoms with van der Waals surface area (Å²) in [4.78, 5) is 25.7. The normalized spacial score (nSPS) is 12.0. The minimum atomic E-state index is -0.206. The van der Waals surface area contributed by atoms with Gasteiger partial charge in [-0.05, 0) is 31.9 Å². The fourth-order valence-corrected chi connectivity index (χ4v) is 3.00. The van der Waals surface area contributed by atoms with E-state index in [1.165, 1.54) is 0 Å². The molecule has 5 nitrogen and oxygen atoms in total. The molecule has 2 aromatic carbocycles. The van der Waals surface area contributed by atoms with Gasteiger partial charge < -0.3 is 15.5 Å². The molecule has 5 heteroatoms. The van der Waals surface area contributed by atoms with Gasteiger partial charge in [0.05, 0.1) is 12.6 Å². The molecule has 1 unspecified atom stereocenters. The van der Waals surface area contributed by atoms with Crippen molar-refractivity contribution in [1.29, 1.82) is 0 Å². The fourth-order valence-electron chi connectivity index (χ4n) is 3.00. The quantitative estimate of drug-likeness (QED) is 0.625. The summed E-state index contributed by atoms with van der Waals surface area (Å²) in [6.07, 6.45) is 0. The molecular formula is C22H30N3O2+. The van der Waals surface area contributed by atoms with E-state index in [1.807, 2.05) is 81.4 Å². The molecule has 0 aliphatic heterocycles. The van der Waals surface area contributed by atoms with Crippen molar-refractivity contribution in [1.82, 2.24) is 10.6 Å². The Hall–Kier alpha value is -2.66. The average molecular weight is 369 g/mol. The molecule has 0 saturated carbocycles. The molecule has 1 atom stereocenters. The number of benzene rings is 2. The number of quaternary nitrogens is 1. The van der Waals surface area contributed by atoms with Crippen molar-refractivity contribution < 1.29 is 14.5 Å². The van der Waals surface area contributed by atoms with Crippen LogP contribution >= 0.6 is 0 Å². The van der Waals surface area contributed by atoms with Gasteiger partial charge in [0.1, 0.15) is 0 Å². The van der Waals surface area contributed by atoms with Crippen molar-refractivity contribution in [3.8, 4) is 0 Å². The van der Waals surface area contributed by atoms with Crippen molar-refractivity contribution >= 4 is 11.8 Å². The Labute approximate surface area is 161 Å². The summed E-state index contributed by atoms with van der Waals surface area (Å²) in [7, 11) is 0. The highest BCUT2D eigenvalue weighted by molar-refractivity contribution is 5.79. The number of hydrogen-bond acceptors (Lipinski definition) is 2. The van der Waals surface area contributed by atoms with E-state index < -0.39 is 0 Å². The third kappa shape index (κ3) is 6.87. The molecular weight excluding hydrogens is 338 g/mol. The van der Waals surface area contributed by atoms with Gasteiger partial charge in [0, 0.05) is 6.04 Å². The number of likely N-dealkylation sites (N-methyl/N-ethyl adjacent to an activating group) is 1. The van der Waals surface area contributed by atoms with Crippen LogP contribution in [0, 0.1) is 0 Å². The first-order valence-electron chi connectivity index (χ1n) is 9.51. The SMILES string of the molecule is CC[NH+](CC(=O)NC(C)C)CC(=O)NC(c1ccccc1)c1ccccc1. The van der Waals surface area contributed by atoms with Crippen LogP contribution in [0.2, 0.25) is 0 Å². The zero-order valence-corrected chi connectivity index (χ0v) is 16.4. The molecule has 0 bridgehead atoms. The summed E-state index contributed by atoms with van der Waals surface area (Å²) in [6.45, 7) is 7.11. The third-order valence-corrected chi connectivity index (χ3v) is 4.34. The van der Waals surface area contributed by atoms with Gasteiger partial charge in [-0.3, -0.25) is 9.59 Å². The van der Waals surface area contributed by atoms with Gasteiger partial charge in [-0.1, -0.05) is 60.7 Å². The molecule has 0 heterocycles. The van der Waals surface area contributed by atoms with Crippen LogP contribution in [0.3, 0.4) is 0 Å². The van der Waals surface area contributed by atoms with Crippen LogP contribution in [0.25, 0.3) is 0 Å². The van der Waals surface area contributed by atoms with Crippen LogP contribution in [0.4, 0.5) is 0 Å². The first-order chi connectivity index (χ1) is 13.0. The summed E-state index contributed by atoms with van der Waals surface area (Å²) < 4.78 is 0. The van der Waals surface area contributed by atoms with E-state index in [2.05, 4.69) is 10.6 Å². The molecule has 0 aromatic heterocycles. The fraction of sp³-hybridized carbons (Fsp3) is 0.364. The van der Waals surface area contributed by atoms with Crippen LogP contribution in [-0.2, 0) is 9.59 Å². The van der Waals surface area contributed by atoms with Gasteiger partial charge in [-0.15, -0.1) is 0 Å². The number of amides is 2. The summed E-state index contributed by atoms with van der Waals surface area (Å²) in [5, 5.41) is 6.02. The van der Waals surface area contributed by atoms with E-state index in [1.54, 1.807) is 0 Å². The van der Waals surface area contributed by atoms with Gasteiger partial charge >= 0.3 is 0 Å². The molecule has 2 aromatic rings. The van der Waals surface area contributed by atoms with E-state index in [0.29, 0.717) is 13.1 Å². The van der Waals surface area contributed by atoms with E-state index in [4.69, 9.17) is 0 Å². The minimum Gasteiger partial charge on any atom is -0.349 e. The topological polar surface area (TPSA) is 62.6 Å². The molecule has 0 aliphatic carbocycles. The Kier molecular flexibility index (Phi) is 8.01. The third-order valence-electron chi connectivity index (χ3n) is 4.34. The van der Waals surface area contributed by atoms with Gasteiger partial charge in [-0.25, -0.2) is 0 Å². The molecule has 0 radical (unpaired) electrons. The first-order valence-corrected chi connectivity index (χ1v) is 9.51. The maximum Gasteiger partial charge on any atom is 0.275 e. The average Bonchev–Trinajstić information content (AvgIpc) is 2.66. The minimum absolute atomic E-state index is 0.0303. The number of nitrogens with one attached hydrogen (secondary N) is 3. The van der Waals surface area contributed by atoms with Crippen LogP contribution < -0.4 is 15.5 Å². The molecule has 0 fully saturated rings. The highest BCUT2D eigenvalue weighted by atomic mass is 16.2. The van der Waals surface area contributed by atoms with Crippen molar-refractivity contribution in [2.24, 2.45) is 0 Å². The van der Waals surface area contributed by atoms with E-state index in [0.717, 1.165) is 16.0 Å². The lowest BCUT2D eigenvalue weighted by molar-refractivity contribution is -0.881. The second-order valence-electron chi connectivity index (χ2n) is 7.00. The van der Waals surface area contributed by atoms with Crippen LogP contribution in [0.15, 0.2) is 60.7 Å². The van der Waals surface area contributed by atoms with Crippen LogP contribution in [0.1, 0.15) is 37.9 Å². The molecule has 0 spiro atoms. The van der Waals surface area contributed by atoms with Gasteiger partial charge in [0.25, 0.3) is 11.8 Å². The Morgan fingerprint density at radius 1 is 0.815 bits per heavy atom. The molecule has 144 valence electrons. The number of carbonyl (C=O) groups is 2. The monoisotopic (exact) mass is 368 g/mol. The van der Waals surface area contributed by atoms with Gasteiger partial charge in [0.2, 0.25) is 0 Å². The molecule has 2 amide bonds. The lowest BCUT2D eigenvalue weighted by atomic mass is 9.99. The van der Waals surface area contributed by atoms with Crippen LogP contribution in [-0.4, -0.2) is 37.5 Å². The van der Waals surface area contributed by atoms with Crippen molar-refractivity contribution in [2.75, 3.05) is 19.6 Å². The maximum absolute atomic E-state index is 12.7. The summed E-state index contributed by atoms with van der Waals surface area (Å²) in [6, 6.07) is 19.7. The second kappa shape index (κ2) is 10.5. The second-order valence-corrected chi connectivity index (χ2v) is 7.00. The lowest BCUT2D eigenvalue weighted by Gasteiger charge is -2.22. The molecule has 2 rings (SSSR count). The van der Waals surface area contributed by atoms with Crippen molar-refractivity contribution in [3.63, 3.8) is 0 Å². The number of rotatable bonds is 9. The van der Waals surface area contributed by atoms with Crippen molar-refractivity contribution in [2.45, 2.75) is 32.9 Å². The zero-order chi connectivity index (χ0) is 19.6. The Balaban J connectivity index is 2.06. The highest BCUT2D eigenvalue weighted by Gasteiger charge is 2.21. The molecule has 0 aliphatic rings. The van der Waals surface area contributed by atoms with Crippen LogP contribution in [0.5, 0.6) is 0 Å². The van der Waals surface area contributed by atoms with Gasteiger partial charge in [0.15, 0.2) is 13.1 Å². The lowest BCUT2D eigenvalue weighted by Crippen LogP contribution is -3.14. The highest BCUT2D eigenvalue weighted by Crippen LogP contribution is 2.21. The Bertz CT molecular complexity index is 677. The van der Waals surface area contributed by atoms with Crippen molar-refractivity contribution in [3.05, 3.63) is 71.8 Å². The summed E-state index contributed by atoms with van der Waals surface area (Å²) in [5.41, 5.74) is 2.07. The largest absolute Gasteiger partial charge is 0.349 e. The zero-order valence-electron chi connectivity index (χ0n) is 16.4.